The summed E-state index contributed by atoms with van der Waals surface area (Å²) in [5, 5.41) is 0.710. The van der Waals surface area contributed by atoms with Crippen LogP contribution in [-0.4, -0.2) is 67.3 Å². The minimum absolute atomic E-state index is 0.0153. The maximum absolute atomic E-state index is 13.6. The van der Waals surface area contributed by atoms with Gasteiger partial charge in [-0.2, -0.15) is 18.2 Å². The van der Waals surface area contributed by atoms with Gasteiger partial charge in [0.1, 0.15) is 11.6 Å². The van der Waals surface area contributed by atoms with E-state index in [1.54, 1.807) is 4.90 Å². The van der Waals surface area contributed by atoms with E-state index in [0.717, 1.165) is 67.8 Å². The first kappa shape index (κ1) is 26.0. The van der Waals surface area contributed by atoms with Gasteiger partial charge in [-0.3, -0.25) is 0 Å². The van der Waals surface area contributed by atoms with Gasteiger partial charge in [0.15, 0.2) is 0 Å². The van der Waals surface area contributed by atoms with Crippen LogP contribution in [0.25, 0.3) is 11.3 Å². The second-order valence-corrected chi connectivity index (χ2v) is 10.7. The van der Waals surface area contributed by atoms with Crippen LogP contribution in [0.3, 0.4) is 0 Å². The zero-order valence-electron chi connectivity index (χ0n) is 21.7. The molecule has 5 heterocycles. The van der Waals surface area contributed by atoms with Crippen molar-refractivity contribution in [3.63, 3.8) is 0 Å². The SMILES string of the molecule is FC(F)(F)c1cccnc1N1CCN(c2cc(-c3ccc(N4CCCC4)c(Cl)c3)nc(N3CCCC3)n2)CC1. The van der Waals surface area contributed by atoms with Gasteiger partial charge in [0.2, 0.25) is 5.95 Å². The van der Waals surface area contributed by atoms with Gasteiger partial charge < -0.3 is 19.6 Å². The van der Waals surface area contributed by atoms with Gasteiger partial charge in [-0.15, -0.1) is 0 Å². The third-order valence-corrected chi connectivity index (χ3v) is 8.08. The molecule has 3 aliphatic heterocycles. The largest absolute Gasteiger partial charge is 0.419 e. The molecule has 3 aromatic rings. The van der Waals surface area contributed by atoms with Crippen molar-refractivity contribution < 1.29 is 13.2 Å². The molecule has 0 aliphatic carbocycles. The molecule has 0 amide bonds. The fraction of sp³-hybridized carbons (Fsp3) is 0.464. The summed E-state index contributed by atoms with van der Waals surface area (Å²) < 4.78 is 40.7. The van der Waals surface area contributed by atoms with Crippen molar-refractivity contribution in [2.45, 2.75) is 31.9 Å². The highest BCUT2D eigenvalue weighted by molar-refractivity contribution is 6.33. The van der Waals surface area contributed by atoms with Crippen molar-refractivity contribution in [1.29, 1.82) is 0 Å². The van der Waals surface area contributed by atoms with Crippen LogP contribution in [0.5, 0.6) is 0 Å². The van der Waals surface area contributed by atoms with Gasteiger partial charge in [0, 0.05) is 70.2 Å². The Labute approximate surface area is 231 Å². The summed E-state index contributed by atoms with van der Waals surface area (Å²) in [4.78, 5) is 22.2. The number of hydrogen-bond donors (Lipinski definition) is 0. The van der Waals surface area contributed by atoms with Crippen molar-refractivity contribution in [2.75, 3.05) is 72.0 Å². The zero-order valence-corrected chi connectivity index (χ0v) is 22.4. The van der Waals surface area contributed by atoms with Crippen molar-refractivity contribution in [1.82, 2.24) is 15.0 Å². The maximum atomic E-state index is 13.6. The lowest BCUT2D eigenvalue weighted by atomic mass is 10.1. The molecule has 0 spiro atoms. The van der Waals surface area contributed by atoms with Crippen molar-refractivity contribution in [3.8, 4) is 11.3 Å². The topological polar surface area (TPSA) is 51.6 Å². The average molecular weight is 558 g/mol. The zero-order chi connectivity index (χ0) is 27.0. The highest BCUT2D eigenvalue weighted by atomic mass is 35.5. The van der Waals surface area contributed by atoms with Gasteiger partial charge in [0.25, 0.3) is 0 Å². The Hall–Kier alpha value is -3.27. The van der Waals surface area contributed by atoms with Gasteiger partial charge in [0.05, 0.1) is 22.0 Å². The van der Waals surface area contributed by atoms with Crippen LogP contribution in [-0.2, 0) is 6.18 Å². The Morgan fingerprint density at radius 3 is 2.05 bits per heavy atom. The van der Waals surface area contributed by atoms with Gasteiger partial charge in [-0.1, -0.05) is 17.7 Å². The molecule has 0 saturated carbocycles. The number of benzene rings is 1. The Kier molecular flexibility index (Phi) is 7.14. The number of pyridine rings is 1. The number of anilines is 4. The predicted molar refractivity (Wildman–Crippen MR) is 149 cm³/mol. The number of halogens is 4. The number of piperazine rings is 1. The second kappa shape index (κ2) is 10.7. The quantitative estimate of drug-likeness (QED) is 0.397. The molecule has 0 radical (unpaired) electrons. The van der Waals surface area contributed by atoms with Crippen molar-refractivity contribution >= 4 is 34.9 Å². The number of nitrogens with zero attached hydrogens (tertiary/aromatic N) is 7. The van der Waals surface area contributed by atoms with E-state index < -0.39 is 11.7 Å². The lowest BCUT2D eigenvalue weighted by molar-refractivity contribution is -0.137. The van der Waals surface area contributed by atoms with E-state index in [9.17, 15) is 13.2 Å². The molecule has 3 aliphatic rings. The number of alkyl halides is 3. The molecule has 6 rings (SSSR count). The fourth-order valence-corrected chi connectivity index (χ4v) is 5.99. The fourth-order valence-electron chi connectivity index (χ4n) is 5.69. The molecule has 206 valence electrons. The van der Waals surface area contributed by atoms with Crippen LogP contribution < -0.4 is 19.6 Å². The summed E-state index contributed by atoms with van der Waals surface area (Å²) >= 11 is 6.74. The van der Waals surface area contributed by atoms with Crippen LogP contribution >= 0.6 is 11.6 Å². The second-order valence-electron chi connectivity index (χ2n) is 10.3. The maximum Gasteiger partial charge on any atom is 0.419 e. The molecular formula is C28H31ClF3N7. The molecule has 0 atom stereocenters. The first-order valence-electron chi connectivity index (χ1n) is 13.6. The summed E-state index contributed by atoms with van der Waals surface area (Å²) in [5.41, 5.74) is 2.07. The Balaban J connectivity index is 1.27. The third-order valence-electron chi connectivity index (χ3n) is 7.78. The van der Waals surface area contributed by atoms with E-state index in [4.69, 9.17) is 21.6 Å². The van der Waals surface area contributed by atoms with Crippen LogP contribution in [0.1, 0.15) is 31.2 Å². The van der Waals surface area contributed by atoms with Crippen LogP contribution in [0.15, 0.2) is 42.6 Å². The lowest BCUT2D eigenvalue weighted by Crippen LogP contribution is -2.47. The highest BCUT2D eigenvalue weighted by Crippen LogP contribution is 2.37. The number of rotatable bonds is 5. The lowest BCUT2D eigenvalue weighted by Gasteiger charge is -2.37. The summed E-state index contributed by atoms with van der Waals surface area (Å²) in [6.45, 7) is 5.73. The van der Waals surface area contributed by atoms with E-state index in [2.05, 4.69) is 31.8 Å². The predicted octanol–water partition coefficient (Wildman–Crippen LogP) is 5.74. The summed E-state index contributed by atoms with van der Waals surface area (Å²) in [6, 6.07) is 10.5. The van der Waals surface area contributed by atoms with Gasteiger partial charge in [-0.05, 0) is 49.9 Å². The molecule has 1 aromatic carbocycles. The standard InChI is InChI=1S/C28H31ClF3N7/c29-22-18-20(7-8-24(22)36-10-1-2-11-36)23-19-25(35-27(34-23)39-12-3-4-13-39)37-14-16-38(17-15-37)26-21(28(30,31)32)6-5-9-33-26/h5-9,18-19H,1-4,10-17H2. The number of aromatic nitrogens is 3. The minimum Gasteiger partial charge on any atom is -0.370 e. The summed E-state index contributed by atoms with van der Waals surface area (Å²) in [5.74, 6) is 1.45. The van der Waals surface area contributed by atoms with Gasteiger partial charge in [-0.25, -0.2) is 9.97 Å². The van der Waals surface area contributed by atoms with Gasteiger partial charge >= 0.3 is 6.18 Å². The average Bonchev–Trinajstić information content (AvgIpc) is 3.68. The molecule has 7 nitrogen and oxygen atoms in total. The van der Waals surface area contributed by atoms with Crippen LogP contribution in [0.4, 0.5) is 36.4 Å². The van der Waals surface area contributed by atoms with Crippen LogP contribution in [0.2, 0.25) is 5.02 Å². The molecule has 3 fully saturated rings. The molecule has 0 unspecified atom stereocenters. The van der Waals surface area contributed by atoms with Crippen molar-refractivity contribution in [2.24, 2.45) is 0 Å². The van der Waals surface area contributed by atoms with E-state index in [1.165, 1.54) is 25.1 Å². The molecule has 0 N–H and O–H groups in total. The molecule has 2 aromatic heterocycles. The molecule has 3 saturated heterocycles. The number of hydrogen-bond acceptors (Lipinski definition) is 7. The molecule has 11 heteroatoms. The summed E-state index contributed by atoms with van der Waals surface area (Å²) in [7, 11) is 0. The third kappa shape index (κ3) is 5.44. The van der Waals surface area contributed by atoms with E-state index >= 15 is 0 Å². The minimum atomic E-state index is -4.45. The smallest absolute Gasteiger partial charge is 0.370 e. The molecule has 39 heavy (non-hydrogen) atoms. The Morgan fingerprint density at radius 2 is 1.38 bits per heavy atom. The highest BCUT2D eigenvalue weighted by Gasteiger charge is 2.36. The monoisotopic (exact) mass is 557 g/mol. The first-order valence-corrected chi connectivity index (χ1v) is 14.0. The normalized spacial score (nSPS) is 18.4. The van der Waals surface area contributed by atoms with E-state index in [1.807, 2.05) is 12.1 Å². The molecular weight excluding hydrogens is 527 g/mol. The molecule has 0 bridgehead atoms. The Bertz CT molecular complexity index is 1310. The van der Waals surface area contributed by atoms with Crippen molar-refractivity contribution in [3.05, 3.63) is 53.2 Å². The van der Waals surface area contributed by atoms with E-state index in [0.29, 0.717) is 37.1 Å². The van der Waals surface area contributed by atoms with Crippen LogP contribution in [0, 0.1) is 0 Å². The Morgan fingerprint density at radius 1 is 0.718 bits per heavy atom. The summed E-state index contributed by atoms with van der Waals surface area (Å²) in [6.07, 6.45) is 1.52. The first-order chi connectivity index (χ1) is 18.9. The van der Waals surface area contributed by atoms with E-state index in [-0.39, 0.29) is 5.82 Å².